The summed E-state index contributed by atoms with van der Waals surface area (Å²) in [6.45, 7) is 16.7. The van der Waals surface area contributed by atoms with Crippen LogP contribution in [0.1, 0.15) is 64.5 Å². The number of rotatable bonds is 11. The van der Waals surface area contributed by atoms with Gasteiger partial charge in [0.05, 0.1) is 11.4 Å². The third-order valence-electron chi connectivity index (χ3n) is 5.54. The van der Waals surface area contributed by atoms with Crippen molar-refractivity contribution in [2.24, 2.45) is 11.8 Å². The van der Waals surface area contributed by atoms with Crippen LogP contribution in [0.3, 0.4) is 0 Å². The summed E-state index contributed by atoms with van der Waals surface area (Å²) in [6.07, 6.45) is 4.92. The predicted octanol–water partition coefficient (Wildman–Crippen LogP) is 5.21. The quantitative estimate of drug-likeness (QED) is 0.521. The second kappa shape index (κ2) is 11.4. The fourth-order valence-corrected chi connectivity index (χ4v) is 3.84. The maximum atomic E-state index is 4.64. The smallest absolute Gasteiger partial charge is 0.0572 e. The molecule has 0 saturated carbocycles. The van der Waals surface area contributed by atoms with Crippen LogP contribution >= 0.6 is 0 Å². The molecular weight excluding hydrogens is 356 g/mol. The van der Waals surface area contributed by atoms with Crippen molar-refractivity contribution in [3.8, 4) is 0 Å². The van der Waals surface area contributed by atoms with Gasteiger partial charge >= 0.3 is 0 Å². The number of hydrogen-bond donors (Lipinski definition) is 0. The predicted molar refractivity (Wildman–Crippen MR) is 123 cm³/mol. The van der Waals surface area contributed by atoms with Gasteiger partial charge in [0.2, 0.25) is 0 Å². The summed E-state index contributed by atoms with van der Waals surface area (Å²) in [5.74, 6) is 1.23. The maximum Gasteiger partial charge on any atom is 0.0572 e. The van der Waals surface area contributed by atoms with Gasteiger partial charge in [0.25, 0.3) is 0 Å². The average molecular weight is 397 g/mol. The molecule has 0 amide bonds. The van der Waals surface area contributed by atoms with Crippen LogP contribution < -0.4 is 0 Å². The lowest BCUT2D eigenvalue weighted by molar-refractivity contribution is 0.187. The van der Waals surface area contributed by atoms with Gasteiger partial charge in [0, 0.05) is 44.1 Å². The van der Waals surface area contributed by atoms with E-state index in [-0.39, 0.29) is 0 Å². The van der Waals surface area contributed by atoms with Gasteiger partial charge in [-0.15, -0.1) is 0 Å². The van der Waals surface area contributed by atoms with E-state index in [0.29, 0.717) is 23.9 Å². The van der Waals surface area contributed by atoms with E-state index >= 15 is 0 Å². The lowest BCUT2D eigenvalue weighted by atomic mass is 10.00. The summed E-state index contributed by atoms with van der Waals surface area (Å²) in [6, 6.07) is 11.5. The van der Waals surface area contributed by atoms with Gasteiger partial charge in [-0.1, -0.05) is 26.8 Å². The molecule has 4 heteroatoms. The Morgan fingerprint density at radius 1 is 0.897 bits per heavy atom. The van der Waals surface area contributed by atoms with Crippen molar-refractivity contribution in [1.29, 1.82) is 0 Å². The largest absolute Gasteiger partial charge is 0.298 e. The Morgan fingerprint density at radius 3 is 2.28 bits per heavy atom. The summed E-state index contributed by atoms with van der Waals surface area (Å²) < 4.78 is 0. The van der Waals surface area contributed by atoms with E-state index in [2.05, 4.69) is 92.6 Å². The van der Waals surface area contributed by atoms with Crippen molar-refractivity contribution >= 4 is 0 Å². The Kier molecular flexibility index (Phi) is 9.25. The van der Waals surface area contributed by atoms with E-state index in [1.807, 2.05) is 18.5 Å². The van der Waals surface area contributed by atoms with Gasteiger partial charge in [-0.05, 0) is 75.9 Å². The minimum absolute atomic E-state index is 0.322. The van der Waals surface area contributed by atoms with Crippen LogP contribution in [-0.2, 0) is 13.0 Å². The molecule has 4 nitrogen and oxygen atoms in total. The van der Waals surface area contributed by atoms with E-state index in [0.717, 1.165) is 31.7 Å². The minimum atomic E-state index is 0.322. The van der Waals surface area contributed by atoms with Gasteiger partial charge in [-0.3, -0.25) is 19.8 Å². The van der Waals surface area contributed by atoms with Crippen molar-refractivity contribution in [3.05, 3.63) is 59.7 Å². The molecule has 0 aromatic carbocycles. The molecule has 2 aromatic rings. The molecule has 0 fully saturated rings. The number of hydrogen-bond acceptors (Lipinski definition) is 4. The molecule has 2 unspecified atom stereocenters. The molecule has 0 aliphatic heterocycles. The Bertz CT molecular complexity index is 714. The van der Waals surface area contributed by atoms with Crippen molar-refractivity contribution in [3.63, 3.8) is 0 Å². The number of pyridine rings is 2. The Balaban J connectivity index is 1.95. The van der Waals surface area contributed by atoms with E-state index in [1.165, 1.54) is 11.3 Å². The van der Waals surface area contributed by atoms with Gasteiger partial charge in [0.15, 0.2) is 0 Å². The van der Waals surface area contributed by atoms with Crippen LogP contribution in [0.4, 0.5) is 0 Å². The van der Waals surface area contributed by atoms with Crippen LogP contribution in [-0.4, -0.2) is 45.9 Å². The lowest BCUT2D eigenvalue weighted by Gasteiger charge is -2.28. The van der Waals surface area contributed by atoms with Crippen molar-refractivity contribution < 1.29 is 0 Å². The molecule has 2 aromatic heterocycles. The van der Waals surface area contributed by atoms with Crippen molar-refractivity contribution in [1.82, 2.24) is 19.8 Å². The van der Waals surface area contributed by atoms with Gasteiger partial charge in [-0.2, -0.15) is 0 Å². The lowest BCUT2D eigenvalue weighted by Crippen LogP contribution is -2.34. The zero-order chi connectivity index (χ0) is 21.4. The van der Waals surface area contributed by atoms with Gasteiger partial charge in [-0.25, -0.2) is 0 Å². The first kappa shape index (κ1) is 23.5. The Morgan fingerprint density at radius 2 is 1.66 bits per heavy atom. The van der Waals surface area contributed by atoms with Crippen LogP contribution in [0, 0.1) is 11.8 Å². The summed E-state index contributed by atoms with van der Waals surface area (Å²) in [5.41, 5.74) is 3.70. The topological polar surface area (TPSA) is 32.3 Å². The second-order valence-electron chi connectivity index (χ2n) is 9.25. The molecule has 0 N–H and O–H groups in total. The van der Waals surface area contributed by atoms with Gasteiger partial charge in [0.1, 0.15) is 0 Å². The molecule has 2 heterocycles. The Hall–Kier alpha value is -1.78. The highest BCUT2D eigenvalue weighted by atomic mass is 15.2. The highest BCUT2D eigenvalue weighted by Crippen LogP contribution is 2.19. The number of nitrogens with zero attached hydrogens (tertiary/aromatic N) is 4. The maximum absolute atomic E-state index is 4.64. The molecular formula is C25H40N4. The first-order valence-electron chi connectivity index (χ1n) is 11.0. The summed E-state index contributed by atoms with van der Waals surface area (Å²) in [4.78, 5) is 14.1. The fourth-order valence-electron chi connectivity index (χ4n) is 3.84. The van der Waals surface area contributed by atoms with E-state index in [9.17, 15) is 0 Å². The highest BCUT2D eigenvalue weighted by molar-refractivity contribution is 5.17. The normalized spacial score (nSPS) is 14.2. The molecule has 2 atom stereocenters. The first-order chi connectivity index (χ1) is 13.8. The fraction of sp³-hybridized carbons (Fsp3) is 0.600. The molecule has 0 radical (unpaired) electrons. The van der Waals surface area contributed by atoms with Crippen LogP contribution in [0.5, 0.6) is 0 Å². The third kappa shape index (κ3) is 7.87. The standard InChI is InChI=1S/C25H40N4/c1-19(2)16-29(20(3)4)18-24-15-23(11-13-26-24)14-21(5)17-28(7)22(6)25-10-8-9-12-27-25/h8-13,15,19-22H,14,16-18H2,1-7H3. The zero-order valence-electron chi connectivity index (χ0n) is 19.5. The monoisotopic (exact) mass is 396 g/mol. The summed E-state index contributed by atoms with van der Waals surface area (Å²) in [7, 11) is 2.19. The second-order valence-corrected chi connectivity index (χ2v) is 9.25. The van der Waals surface area contributed by atoms with Crippen LogP contribution in [0.15, 0.2) is 42.7 Å². The molecule has 0 saturated heterocycles. The molecule has 160 valence electrons. The highest BCUT2D eigenvalue weighted by Gasteiger charge is 2.17. The zero-order valence-corrected chi connectivity index (χ0v) is 19.5. The first-order valence-corrected chi connectivity index (χ1v) is 11.0. The molecule has 29 heavy (non-hydrogen) atoms. The van der Waals surface area contributed by atoms with Crippen molar-refractivity contribution in [2.45, 2.75) is 66.6 Å². The summed E-state index contributed by atoms with van der Waals surface area (Å²) >= 11 is 0. The molecule has 2 rings (SSSR count). The average Bonchev–Trinajstić information content (AvgIpc) is 2.67. The molecule has 0 bridgehead atoms. The van der Waals surface area contributed by atoms with Crippen LogP contribution in [0.2, 0.25) is 0 Å². The molecule has 0 spiro atoms. The van der Waals surface area contributed by atoms with E-state index in [4.69, 9.17) is 0 Å². The van der Waals surface area contributed by atoms with Gasteiger partial charge < -0.3 is 0 Å². The van der Waals surface area contributed by atoms with Crippen LogP contribution in [0.25, 0.3) is 0 Å². The SMILES string of the molecule is CC(C)CN(Cc1cc(CC(C)CN(C)C(C)c2ccccn2)ccn1)C(C)C. The molecule has 0 aliphatic carbocycles. The number of aromatic nitrogens is 2. The van der Waals surface area contributed by atoms with E-state index in [1.54, 1.807) is 0 Å². The van der Waals surface area contributed by atoms with E-state index < -0.39 is 0 Å². The third-order valence-corrected chi connectivity index (χ3v) is 5.54. The summed E-state index contributed by atoms with van der Waals surface area (Å²) in [5, 5.41) is 0. The minimum Gasteiger partial charge on any atom is -0.298 e. The Labute approximate surface area is 178 Å². The molecule has 0 aliphatic rings. The van der Waals surface area contributed by atoms with Crippen molar-refractivity contribution in [2.75, 3.05) is 20.1 Å².